The van der Waals surface area contributed by atoms with Gasteiger partial charge in [0, 0.05) is 25.5 Å². The van der Waals surface area contributed by atoms with Crippen molar-refractivity contribution in [3.63, 3.8) is 0 Å². The summed E-state index contributed by atoms with van der Waals surface area (Å²) in [5.74, 6) is 1.35. The Hall–Kier alpha value is 0.210. The van der Waals surface area contributed by atoms with E-state index < -0.39 is 0 Å². The molecule has 0 bridgehead atoms. The minimum atomic E-state index is 0.390. The molecule has 0 saturated carbocycles. The van der Waals surface area contributed by atoms with Crippen LogP contribution in [-0.2, 0) is 4.74 Å². The summed E-state index contributed by atoms with van der Waals surface area (Å²) in [6.45, 7) is 8.41. The molecule has 1 aliphatic heterocycles. The summed E-state index contributed by atoms with van der Waals surface area (Å²) >= 11 is 5.75. The first-order chi connectivity index (χ1) is 5.72. The molecule has 2 unspecified atom stereocenters. The van der Waals surface area contributed by atoms with Crippen LogP contribution >= 0.6 is 11.6 Å². The number of alkyl halides is 1. The quantitative estimate of drug-likeness (QED) is 0.629. The molecule has 1 aliphatic rings. The van der Waals surface area contributed by atoms with Crippen LogP contribution in [-0.4, -0.2) is 43.1 Å². The lowest BCUT2D eigenvalue weighted by molar-refractivity contribution is -0.0214. The molecule has 1 rings (SSSR count). The fraction of sp³-hybridized carbons (Fsp3) is 1.00. The van der Waals surface area contributed by atoms with Gasteiger partial charge in [0.25, 0.3) is 0 Å². The van der Waals surface area contributed by atoms with Crippen LogP contribution in [0.1, 0.15) is 13.8 Å². The first-order valence-electron chi connectivity index (χ1n) is 4.62. The summed E-state index contributed by atoms with van der Waals surface area (Å²) < 4.78 is 5.45. The Morgan fingerprint density at radius 2 is 2.42 bits per heavy atom. The van der Waals surface area contributed by atoms with Gasteiger partial charge in [-0.1, -0.05) is 6.92 Å². The van der Waals surface area contributed by atoms with Gasteiger partial charge in [-0.25, -0.2) is 0 Å². The summed E-state index contributed by atoms with van der Waals surface area (Å²) in [7, 11) is 0. The smallest absolute Gasteiger partial charge is 0.0674 e. The van der Waals surface area contributed by atoms with E-state index in [4.69, 9.17) is 16.3 Å². The molecule has 0 N–H and O–H groups in total. The van der Waals surface area contributed by atoms with Gasteiger partial charge in [-0.15, -0.1) is 11.6 Å². The lowest BCUT2D eigenvalue weighted by Gasteiger charge is -2.32. The Labute approximate surface area is 79.8 Å². The van der Waals surface area contributed by atoms with Crippen molar-refractivity contribution in [1.29, 1.82) is 0 Å². The molecule has 0 aliphatic carbocycles. The molecule has 0 aromatic rings. The van der Waals surface area contributed by atoms with E-state index in [1.54, 1.807) is 0 Å². The van der Waals surface area contributed by atoms with Crippen molar-refractivity contribution in [3.8, 4) is 0 Å². The van der Waals surface area contributed by atoms with Gasteiger partial charge in [0.15, 0.2) is 0 Å². The van der Waals surface area contributed by atoms with Gasteiger partial charge >= 0.3 is 0 Å². The van der Waals surface area contributed by atoms with E-state index in [1.807, 2.05) is 0 Å². The highest BCUT2D eigenvalue weighted by atomic mass is 35.5. The molecule has 12 heavy (non-hydrogen) atoms. The van der Waals surface area contributed by atoms with Crippen molar-refractivity contribution in [2.45, 2.75) is 20.0 Å². The van der Waals surface area contributed by atoms with Gasteiger partial charge in [0.05, 0.1) is 12.7 Å². The van der Waals surface area contributed by atoms with Crippen molar-refractivity contribution in [3.05, 3.63) is 0 Å². The molecular formula is C9H18ClNO. The Bertz CT molecular complexity index is 132. The monoisotopic (exact) mass is 191 g/mol. The third kappa shape index (κ3) is 3.30. The second kappa shape index (κ2) is 5.05. The second-order valence-electron chi connectivity index (χ2n) is 3.70. The minimum absolute atomic E-state index is 0.390. The summed E-state index contributed by atoms with van der Waals surface area (Å²) in [5.41, 5.74) is 0. The number of hydrogen-bond acceptors (Lipinski definition) is 2. The number of ether oxygens (including phenoxy) is 1. The van der Waals surface area contributed by atoms with Gasteiger partial charge < -0.3 is 4.74 Å². The highest BCUT2D eigenvalue weighted by molar-refractivity contribution is 6.18. The number of rotatable bonds is 3. The van der Waals surface area contributed by atoms with E-state index in [1.165, 1.54) is 0 Å². The Morgan fingerprint density at radius 1 is 1.67 bits per heavy atom. The minimum Gasteiger partial charge on any atom is -0.376 e. The SMILES string of the molecule is CC(CCl)CN1CCOC(C)C1. The van der Waals surface area contributed by atoms with E-state index in [9.17, 15) is 0 Å². The highest BCUT2D eigenvalue weighted by Crippen LogP contribution is 2.08. The molecule has 0 aromatic heterocycles. The summed E-state index contributed by atoms with van der Waals surface area (Å²) in [5, 5.41) is 0. The van der Waals surface area contributed by atoms with Crippen LogP contribution in [0.3, 0.4) is 0 Å². The summed E-state index contributed by atoms with van der Waals surface area (Å²) in [4.78, 5) is 2.43. The first-order valence-corrected chi connectivity index (χ1v) is 5.15. The Balaban J connectivity index is 2.22. The Kier molecular flexibility index (Phi) is 4.33. The number of nitrogens with zero attached hydrogens (tertiary/aromatic N) is 1. The maximum Gasteiger partial charge on any atom is 0.0674 e. The average Bonchev–Trinajstić information content (AvgIpc) is 2.04. The normalized spacial score (nSPS) is 28.8. The molecule has 0 spiro atoms. The van der Waals surface area contributed by atoms with Crippen LogP contribution in [0.25, 0.3) is 0 Å². The number of morpholine rings is 1. The average molecular weight is 192 g/mol. The van der Waals surface area contributed by atoms with Crippen molar-refractivity contribution in [2.24, 2.45) is 5.92 Å². The van der Waals surface area contributed by atoms with E-state index in [-0.39, 0.29) is 0 Å². The molecule has 0 amide bonds. The second-order valence-corrected chi connectivity index (χ2v) is 4.01. The van der Waals surface area contributed by atoms with Crippen molar-refractivity contribution >= 4 is 11.6 Å². The van der Waals surface area contributed by atoms with E-state index in [0.717, 1.165) is 32.1 Å². The summed E-state index contributed by atoms with van der Waals surface area (Å²) in [6, 6.07) is 0. The van der Waals surface area contributed by atoms with Gasteiger partial charge in [0.2, 0.25) is 0 Å². The topological polar surface area (TPSA) is 12.5 Å². The predicted octanol–water partition coefficient (Wildman–Crippen LogP) is 1.58. The van der Waals surface area contributed by atoms with Crippen molar-refractivity contribution < 1.29 is 4.74 Å². The van der Waals surface area contributed by atoms with E-state index >= 15 is 0 Å². The molecule has 1 heterocycles. The van der Waals surface area contributed by atoms with Gasteiger partial charge in [-0.3, -0.25) is 4.90 Å². The Morgan fingerprint density at radius 3 is 3.00 bits per heavy atom. The standard InChI is InChI=1S/C9H18ClNO/c1-8(5-10)6-11-3-4-12-9(2)7-11/h8-9H,3-7H2,1-2H3. The zero-order valence-corrected chi connectivity index (χ0v) is 8.68. The van der Waals surface area contributed by atoms with Crippen LogP contribution in [0.5, 0.6) is 0 Å². The van der Waals surface area contributed by atoms with Crippen LogP contribution in [0.2, 0.25) is 0 Å². The molecule has 3 heteroatoms. The maximum absolute atomic E-state index is 5.75. The van der Waals surface area contributed by atoms with Crippen molar-refractivity contribution in [1.82, 2.24) is 4.90 Å². The van der Waals surface area contributed by atoms with Gasteiger partial charge in [-0.05, 0) is 12.8 Å². The fourth-order valence-electron chi connectivity index (χ4n) is 1.55. The number of halogens is 1. The lowest BCUT2D eigenvalue weighted by Crippen LogP contribution is -2.43. The van der Waals surface area contributed by atoms with Gasteiger partial charge in [-0.2, -0.15) is 0 Å². The molecular weight excluding hydrogens is 174 g/mol. The van der Waals surface area contributed by atoms with E-state index in [0.29, 0.717) is 12.0 Å². The zero-order chi connectivity index (χ0) is 8.97. The van der Waals surface area contributed by atoms with Crippen LogP contribution < -0.4 is 0 Å². The maximum atomic E-state index is 5.75. The largest absolute Gasteiger partial charge is 0.376 e. The number of hydrogen-bond donors (Lipinski definition) is 0. The molecule has 72 valence electrons. The third-order valence-corrected chi connectivity index (χ3v) is 2.69. The van der Waals surface area contributed by atoms with Crippen LogP contribution in [0.15, 0.2) is 0 Å². The third-order valence-electron chi connectivity index (χ3n) is 2.16. The molecule has 0 radical (unpaired) electrons. The highest BCUT2D eigenvalue weighted by Gasteiger charge is 2.17. The van der Waals surface area contributed by atoms with E-state index in [2.05, 4.69) is 18.7 Å². The van der Waals surface area contributed by atoms with Crippen molar-refractivity contribution in [2.75, 3.05) is 32.1 Å². The fourth-order valence-corrected chi connectivity index (χ4v) is 1.64. The molecule has 0 aromatic carbocycles. The van der Waals surface area contributed by atoms with Crippen LogP contribution in [0, 0.1) is 5.92 Å². The molecule has 1 saturated heterocycles. The molecule has 2 nitrogen and oxygen atoms in total. The van der Waals surface area contributed by atoms with Gasteiger partial charge in [0.1, 0.15) is 0 Å². The first kappa shape index (κ1) is 10.3. The molecule has 1 fully saturated rings. The van der Waals surface area contributed by atoms with Crippen LogP contribution in [0.4, 0.5) is 0 Å². The predicted molar refractivity (Wildman–Crippen MR) is 51.7 cm³/mol. The molecule has 2 atom stereocenters. The summed E-state index contributed by atoms with van der Waals surface area (Å²) in [6.07, 6.45) is 0.390. The zero-order valence-electron chi connectivity index (χ0n) is 7.92. The lowest BCUT2D eigenvalue weighted by atomic mass is 10.2.